The lowest BCUT2D eigenvalue weighted by Crippen LogP contribution is -2.32. The van der Waals surface area contributed by atoms with Gasteiger partial charge in [0.2, 0.25) is 0 Å². The van der Waals surface area contributed by atoms with Crippen molar-refractivity contribution in [3.63, 3.8) is 0 Å². The maximum atomic E-state index is 12.9. The fourth-order valence-electron chi connectivity index (χ4n) is 3.51. The van der Waals surface area contributed by atoms with Crippen LogP contribution in [0.5, 0.6) is 11.5 Å². The SMILES string of the molecule is CCOc1ccc(CCN2C(=O)/C(=C\c3ccc(C(C)(C)C)cc3)NC2=S)cc1OCC. The van der Waals surface area contributed by atoms with E-state index in [0.29, 0.717) is 37.0 Å². The van der Waals surface area contributed by atoms with E-state index in [0.717, 1.165) is 22.6 Å². The molecule has 3 rings (SSSR count). The van der Waals surface area contributed by atoms with Gasteiger partial charge in [0.25, 0.3) is 5.91 Å². The Morgan fingerprint density at radius 1 is 1.00 bits per heavy atom. The summed E-state index contributed by atoms with van der Waals surface area (Å²) in [5, 5.41) is 3.50. The molecule has 0 bridgehead atoms. The summed E-state index contributed by atoms with van der Waals surface area (Å²) in [6.45, 7) is 12.1. The zero-order valence-electron chi connectivity index (χ0n) is 19.5. The van der Waals surface area contributed by atoms with E-state index >= 15 is 0 Å². The molecule has 32 heavy (non-hydrogen) atoms. The van der Waals surface area contributed by atoms with Crippen LogP contribution >= 0.6 is 12.2 Å². The van der Waals surface area contributed by atoms with E-state index in [2.05, 4.69) is 38.2 Å². The first-order valence-electron chi connectivity index (χ1n) is 11.1. The molecule has 170 valence electrons. The van der Waals surface area contributed by atoms with Crippen LogP contribution in [0.2, 0.25) is 0 Å². The molecule has 0 saturated carbocycles. The van der Waals surface area contributed by atoms with Crippen molar-refractivity contribution in [1.82, 2.24) is 10.2 Å². The smallest absolute Gasteiger partial charge is 0.276 e. The normalized spacial score (nSPS) is 15.3. The minimum Gasteiger partial charge on any atom is -0.490 e. The van der Waals surface area contributed by atoms with Crippen molar-refractivity contribution in [3.8, 4) is 11.5 Å². The molecule has 0 atom stereocenters. The Balaban J connectivity index is 1.69. The number of hydrogen-bond donors (Lipinski definition) is 1. The topological polar surface area (TPSA) is 50.8 Å². The lowest BCUT2D eigenvalue weighted by Gasteiger charge is -2.18. The summed E-state index contributed by atoms with van der Waals surface area (Å²) < 4.78 is 11.3. The first-order chi connectivity index (χ1) is 15.2. The second-order valence-electron chi connectivity index (χ2n) is 8.71. The number of benzene rings is 2. The van der Waals surface area contributed by atoms with Gasteiger partial charge in [0.15, 0.2) is 16.6 Å². The molecular formula is C26H32N2O3S. The fourth-order valence-corrected chi connectivity index (χ4v) is 3.80. The number of rotatable bonds is 8. The second-order valence-corrected chi connectivity index (χ2v) is 9.10. The highest BCUT2D eigenvalue weighted by molar-refractivity contribution is 7.80. The minimum absolute atomic E-state index is 0.0916. The average Bonchev–Trinajstić information content (AvgIpc) is 3.01. The van der Waals surface area contributed by atoms with Crippen molar-refractivity contribution >= 4 is 29.3 Å². The van der Waals surface area contributed by atoms with Crippen LogP contribution in [0.4, 0.5) is 0 Å². The van der Waals surface area contributed by atoms with E-state index < -0.39 is 0 Å². The summed E-state index contributed by atoms with van der Waals surface area (Å²) in [6.07, 6.45) is 2.51. The van der Waals surface area contributed by atoms with Gasteiger partial charge in [0.05, 0.1) is 13.2 Å². The number of hydrogen-bond acceptors (Lipinski definition) is 4. The zero-order valence-corrected chi connectivity index (χ0v) is 20.3. The molecule has 1 aliphatic rings. The molecule has 0 radical (unpaired) electrons. The van der Waals surface area contributed by atoms with Crippen LogP contribution in [0.15, 0.2) is 48.2 Å². The second kappa shape index (κ2) is 10.2. The summed E-state index contributed by atoms with van der Waals surface area (Å²) in [6, 6.07) is 14.1. The third kappa shape index (κ3) is 5.68. The number of nitrogens with zero attached hydrogens (tertiary/aromatic N) is 1. The fraction of sp³-hybridized carbons (Fsp3) is 0.385. The largest absolute Gasteiger partial charge is 0.490 e. The number of amides is 1. The molecule has 5 nitrogen and oxygen atoms in total. The average molecular weight is 453 g/mol. The molecule has 1 aliphatic heterocycles. The van der Waals surface area contributed by atoms with Crippen molar-refractivity contribution in [1.29, 1.82) is 0 Å². The number of nitrogens with one attached hydrogen (secondary N) is 1. The van der Waals surface area contributed by atoms with Crippen molar-refractivity contribution in [3.05, 3.63) is 64.9 Å². The highest BCUT2D eigenvalue weighted by Crippen LogP contribution is 2.29. The summed E-state index contributed by atoms with van der Waals surface area (Å²) >= 11 is 5.43. The van der Waals surface area contributed by atoms with E-state index in [1.807, 2.05) is 50.3 Å². The van der Waals surface area contributed by atoms with Crippen LogP contribution in [0.3, 0.4) is 0 Å². The lowest BCUT2D eigenvalue weighted by atomic mass is 9.87. The molecule has 0 aromatic heterocycles. The first kappa shape index (κ1) is 23.8. The van der Waals surface area contributed by atoms with Gasteiger partial charge in [-0.3, -0.25) is 9.69 Å². The van der Waals surface area contributed by atoms with Crippen LogP contribution in [-0.4, -0.2) is 35.7 Å². The predicted molar refractivity (Wildman–Crippen MR) is 133 cm³/mol. The van der Waals surface area contributed by atoms with Crippen LogP contribution < -0.4 is 14.8 Å². The van der Waals surface area contributed by atoms with Crippen LogP contribution in [0, 0.1) is 0 Å². The summed E-state index contributed by atoms with van der Waals surface area (Å²) in [4.78, 5) is 14.6. The quantitative estimate of drug-likeness (QED) is 0.447. The molecule has 1 saturated heterocycles. The maximum Gasteiger partial charge on any atom is 0.276 e. The van der Waals surface area contributed by atoms with Crippen molar-refractivity contribution in [2.75, 3.05) is 19.8 Å². The molecule has 0 aliphatic carbocycles. The van der Waals surface area contributed by atoms with Gasteiger partial charge < -0.3 is 14.8 Å². The van der Waals surface area contributed by atoms with Gasteiger partial charge in [-0.1, -0.05) is 51.1 Å². The summed E-state index contributed by atoms with van der Waals surface area (Å²) in [5.41, 5.74) is 3.87. The third-order valence-corrected chi connectivity index (χ3v) is 5.60. The third-order valence-electron chi connectivity index (χ3n) is 5.28. The van der Waals surface area contributed by atoms with Crippen molar-refractivity contribution in [2.24, 2.45) is 0 Å². The molecule has 1 N–H and O–H groups in total. The van der Waals surface area contributed by atoms with E-state index in [-0.39, 0.29) is 11.3 Å². The molecule has 2 aromatic rings. The van der Waals surface area contributed by atoms with Gasteiger partial charge in [0, 0.05) is 6.54 Å². The van der Waals surface area contributed by atoms with Gasteiger partial charge >= 0.3 is 0 Å². The molecular weight excluding hydrogens is 420 g/mol. The van der Waals surface area contributed by atoms with Crippen LogP contribution in [0.25, 0.3) is 6.08 Å². The van der Waals surface area contributed by atoms with Gasteiger partial charge in [-0.05, 0) is 72.8 Å². The monoisotopic (exact) mass is 452 g/mol. The van der Waals surface area contributed by atoms with E-state index in [9.17, 15) is 4.79 Å². The number of ether oxygens (including phenoxy) is 2. The molecule has 6 heteroatoms. The molecule has 0 unspecified atom stereocenters. The van der Waals surface area contributed by atoms with E-state index in [1.54, 1.807) is 4.90 Å². The molecule has 1 fully saturated rings. The molecule has 0 spiro atoms. The van der Waals surface area contributed by atoms with E-state index in [4.69, 9.17) is 21.7 Å². The molecule has 2 aromatic carbocycles. The highest BCUT2D eigenvalue weighted by Gasteiger charge is 2.30. The van der Waals surface area contributed by atoms with Gasteiger partial charge in [-0.15, -0.1) is 0 Å². The first-order valence-corrected chi connectivity index (χ1v) is 11.5. The number of carbonyl (C=O) groups excluding carboxylic acids is 1. The zero-order chi connectivity index (χ0) is 23.3. The Kier molecular flexibility index (Phi) is 7.56. The standard InChI is InChI=1S/C26H32N2O3S/c1-6-30-22-13-10-19(17-23(22)31-7-2)14-15-28-24(29)21(27-25(28)32)16-18-8-11-20(12-9-18)26(3,4)5/h8-13,16-17H,6-7,14-15H2,1-5H3,(H,27,32)/b21-16+. The lowest BCUT2D eigenvalue weighted by molar-refractivity contribution is -0.122. The van der Waals surface area contributed by atoms with Crippen molar-refractivity contribution in [2.45, 2.75) is 46.5 Å². The maximum absolute atomic E-state index is 12.9. The Morgan fingerprint density at radius 3 is 2.28 bits per heavy atom. The van der Waals surface area contributed by atoms with Crippen LogP contribution in [0.1, 0.15) is 51.3 Å². The minimum atomic E-state index is -0.106. The molecule has 1 amide bonds. The number of thiocarbonyl (C=S) groups is 1. The summed E-state index contributed by atoms with van der Waals surface area (Å²) in [5.74, 6) is 1.35. The Morgan fingerprint density at radius 2 is 1.66 bits per heavy atom. The van der Waals surface area contributed by atoms with Gasteiger partial charge in [0.1, 0.15) is 5.70 Å². The van der Waals surface area contributed by atoms with E-state index in [1.165, 1.54) is 5.56 Å². The Hall–Kier alpha value is -2.86. The van der Waals surface area contributed by atoms with Crippen LogP contribution in [-0.2, 0) is 16.6 Å². The molecule has 1 heterocycles. The Labute approximate surface area is 196 Å². The highest BCUT2D eigenvalue weighted by atomic mass is 32.1. The predicted octanol–water partition coefficient (Wildman–Crippen LogP) is 5.08. The van der Waals surface area contributed by atoms with Crippen molar-refractivity contribution < 1.29 is 14.3 Å². The van der Waals surface area contributed by atoms with Gasteiger partial charge in [-0.25, -0.2) is 0 Å². The van der Waals surface area contributed by atoms with Gasteiger partial charge in [-0.2, -0.15) is 0 Å². The number of carbonyl (C=O) groups is 1. The Bertz CT molecular complexity index is 1010. The summed E-state index contributed by atoms with van der Waals surface area (Å²) in [7, 11) is 0.